The standard InChI is InChI=1S/C14H12F3N5O7S3/c15-14(16,17)32(28,29)3-4-1-30-11-7(10(24)22(11)8(4)12(25)26)20-9(23)6(21-27)5-2-31-13(18)19-5/h2,7,11,27H,1,3H2,(H2,18,19)(H,20,23)(H,25,26)/b21-6-/t7?,11-/m1/s1. The van der Waals surface area contributed by atoms with Crippen molar-refractivity contribution >= 4 is 61.6 Å². The number of rotatable bonds is 6. The van der Waals surface area contributed by atoms with Crippen molar-refractivity contribution in [1.82, 2.24) is 15.2 Å². The quantitative estimate of drug-likeness (QED) is 0.167. The van der Waals surface area contributed by atoms with E-state index >= 15 is 0 Å². The molecule has 0 radical (unpaired) electrons. The van der Waals surface area contributed by atoms with E-state index < -0.39 is 73.0 Å². The molecule has 174 valence electrons. The number of aromatic nitrogens is 1. The molecule has 0 saturated carbocycles. The third-order valence-corrected chi connectivity index (χ3v) is 7.78. The zero-order valence-electron chi connectivity index (χ0n) is 15.4. The lowest BCUT2D eigenvalue weighted by atomic mass is 10.0. The minimum Gasteiger partial charge on any atom is -0.477 e. The number of carbonyl (C=O) groups excluding carboxylic acids is 2. The maximum atomic E-state index is 12.7. The molecule has 1 fully saturated rings. The van der Waals surface area contributed by atoms with Crippen LogP contribution < -0.4 is 11.1 Å². The average Bonchev–Trinajstić information content (AvgIpc) is 3.10. The number of oxime groups is 1. The third kappa shape index (κ3) is 4.11. The van der Waals surface area contributed by atoms with E-state index in [0.29, 0.717) is 4.90 Å². The summed E-state index contributed by atoms with van der Waals surface area (Å²) in [5.74, 6) is -5.89. The van der Waals surface area contributed by atoms with E-state index in [4.69, 9.17) is 10.9 Å². The van der Waals surface area contributed by atoms with E-state index in [1.807, 2.05) is 0 Å². The SMILES string of the molecule is Nc1nc(/C(=N/O)C(=O)NC2C(=O)N3C(C(=O)O)=C(CS(=O)(=O)C(F)(F)F)CS[C@H]23)cs1. The Morgan fingerprint density at radius 1 is 1.41 bits per heavy atom. The zero-order chi connectivity index (χ0) is 24.0. The number of carboxylic acid groups (broad SMARTS) is 1. The first kappa shape index (κ1) is 23.8. The Morgan fingerprint density at radius 3 is 2.56 bits per heavy atom. The van der Waals surface area contributed by atoms with Gasteiger partial charge in [0.1, 0.15) is 22.8 Å². The fraction of sp³-hybridized carbons (Fsp3) is 0.357. The summed E-state index contributed by atoms with van der Waals surface area (Å²) in [6.45, 7) is 0. The third-order valence-electron chi connectivity index (χ3n) is 4.33. The number of nitrogens with two attached hydrogens (primary N) is 1. The van der Waals surface area contributed by atoms with Crippen LogP contribution in [0, 0.1) is 0 Å². The van der Waals surface area contributed by atoms with Crippen LogP contribution in [0.1, 0.15) is 5.69 Å². The van der Waals surface area contributed by atoms with E-state index in [2.05, 4.69) is 15.5 Å². The molecule has 0 aromatic carbocycles. The molecule has 3 rings (SSSR count). The zero-order valence-corrected chi connectivity index (χ0v) is 17.8. The van der Waals surface area contributed by atoms with Crippen molar-refractivity contribution in [3.8, 4) is 0 Å². The molecule has 1 aromatic heterocycles. The molecule has 12 nitrogen and oxygen atoms in total. The molecule has 0 bridgehead atoms. The smallest absolute Gasteiger partial charge is 0.477 e. The summed E-state index contributed by atoms with van der Waals surface area (Å²) in [5, 5.41) is 23.9. The fourth-order valence-electron chi connectivity index (χ4n) is 2.92. The number of nitrogens with zero attached hydrogens (tertiary/aromatic N) is 3. The molecule has 32 heavy (non-hydrogen) atoms. The summed E-state index contributed by atoms with van der Waals surface area (Å²) in [5.41, 5.74) is -2.30. The van der Waals surface area contributed by atoms with Gasteiger partial charge in [-0.25, -0.2) is 18.2 Å². The summed E-state index contributed by atoms with van der Waals surface area (Å²) < 4.78 is 61.0. The second-order valence-electron chi connectivity index (χ2n) is 6.34. The number of nitrogen functional groups attached to an aromatic ring is 1. The second kappa shape index (κ2) is 8.24. The second-order valence-corrected chi connectivity index (χ2v) is 10.3. The number of nitrogens with one attached hydrogen (secondary N) is 1. The van der Waals surface area contributed by atoms with Gasteiger partial charge in [0.05, 0.1) is 5.75 Å². The summed E-state index contributed by atoms with van der Waals surface area (Å²) in [6.07, 6.45) is 0. The van der Waals surface area contributed by atoms with Crippen molar-refractivity contribution < 1.29 is 46.3 Å². The van der Waals surface area contributed by atoms with Crippen LogP contribution in [0.15, 0.2) is 21.8 Å². The van der Waals surface area contributed by atoms with Gasteiger partial charge in [-0.15, -0.1) is 23.1 Å². The molecular formula is C14H12F3N5O7S3. The molecule has 2 atom stereocenters. The van der Waals surface area contributed by atoms with Crippen LogP contribution in [0.5, 0.6) is 0 Å². The average molecular weight is 515 g/mol. The molecule has 1 aromatic rings. The highest BCUT2D eigenvalue weighted by Crippen LogP contribution is 2.41. The van der Waals surface area contributed by atoms with Crippen molar-refractivity contribution in [3.63, 3.8) is 0 Å². The van der Waals surface area contributed by atoms with Gasteiger partial charge >= 0.3 is 11.5 Å². The number of amides is 2. The van der Waals surface area contributed by atoms with Crippen molar-refractivity contribution in [2.45, 2.75) is 16.9 Å². The lowest BCUT2D eigenvalue weighted by Gasteiger charge is -2.49. The van der Waals surface area contributed by atoms with Gasteiger partial charge in [-0.05, 0) is 5.57 Å². The van der Waals surface area contributed by atoms with E-state index in [9.17, 15) is 41.1 Å². The molecule has 5 N–H and O–H groups in total. The van der Waals surface area contributed by atoms with Crippen LogP contribution in [-0.4, -0.2) is 80.5 Å². The van der Waals surface area contributed by atoms with E-state index in [1.54, 1.807) is 0 Å². The number of fused-ring (bicyclic) bond motifs is 1. The molecule has 1 unspecified atom stereocenters. The van der Waals surface area contributed by atoms with Gasteiger partial charge in [-0.3, -0.25) is 14.5 Å². The summed E-state index contributed by atoms with van der Waals surface area (Å²) in [7, 11) is -5.68. The number of alkyl halides is 3. The fourth-order valence-corrected chi connectivity index (χ4v) is 5.81. The highest BCUT2D eigenvalue weighted by atomic mass is 32.2. The molecular weight excluding hydrogens is 503 g/mol. The Hall–Kier alpha value is -2.86. The van der Waals surface area contributed by atoms with E-state index in [-0.39, 0.29) is 10.8 Å². The maximum Gasteiger partial charge on any atom is 0.497 e. The number of carboxylic acids is 1. The van der Waals surface area contributed by atoms with Crippen LogP contribution in [0.3, 0.4) is 0 Å². The van der Waals surface area contributed by atoms with Crippen molar-refractivity contribution in [2.75, 3.05) is 17.2 Å². The van der Waals surface area contributed by atoms with Crippen molar-refractivity contribution in [2.24, 2.45) is 5.16 Å². The normalized spacial score (nSPS) is 21.8. The number of aliphatic carboxylic acids is 1. The van der Waals surface area contributed by atoms with Crippen LogP contribution in [0.4, 0.5) is 18.3 Å². The molecule has 0 aliphatic carbocycles. The van der Waals surface area contributed by atoms with Crippen LogP contribution in [-0.2, 0) is 24.2 Å². The highest BCUT2D eigenvalue weighted by molar-refractivity contribution is 8.00. The minimum atomic E-state index is -5.68. The summed E-state index contributed by atoms with van der Waals surface area (Å²) in [4.78, 5) is 40.9. The number of hydrogen-bond acceptors (Lipinski definition) is 11. The molecule has 2 aliphatic heterocycles. The Kier molecular flexibility index (Phi) is 6.13. The van der Waals surface area contributed by atoms with Gasteiger partial charge in [-0.1, -0.05) is 5.16 Å². The first-order valence-corrected chi connectivity index (χ1v) is 11.8. The first-order valence-electron chi connectivity index (χ1n) is 8.21. The van der Waals surface area contributed by atoms with Crippen molar-refractivity contribution in [3.05, 3.63) is 22.3 Å². The monoisotopic (exact) mass is 515 g/mol. The highest BCUT2D eigenvalue weighted by Gasteiger charge is 2.56. The Bertz CT molecular complexity index is 1160. The molecule has 0 spiro atoms. The Balaban J connectivity index is 1.82. The van der Waals surface area contributed by atoms with Crippen molar-refractivity contribution in [1.29, 1.82) is 0 Å². The number of carbonyl (C=O) groups is 3. The number of sulfone groups is 1. The number of anilines is 1. The van der Waals surface area contributed by atoms with E-state index in [0.717, 1.165) is 23.1 Å². The number of thioether (sulfide) groups is 1. The van der Waals surface area contributed by atoms with Gasteiger partial charge in [0, 0.05) is 11.1 Å². The lowest BCUT2D eigenvalue weighted by molar-refractivity contribution is -0.150. The Morgan fingerprint density at radius 2 is 2.06 bits per heavy atom. The number of halogens is 3. The van der Waals surface area contributed by atoms with Gasteiger partial charge in [0.25, 0.3) is 21.7 Å². The van der Waals surface area contributed by atoms with E-state index in [1.165, 1.54) is 5.38 Å². The molecule has 3 heterocycles. The largest absolute Gasteiger partial charge is 0.497 e. The van der Waals surface area contributed by atoms with Gasteiger partial charge < -0.3 is 21.4 Å². The number of hydrogen-bond donors (Lipinski definition) is 4. The molecule has 18 heteroatoms. The first-order chi connectivity index (χ1) is 14.8. The van der Waals surface area contributed by atoms with Crippen LogP contribution in [0.25, 0.3) is 0 Å². The lowest BCUT2D eigenvalue weighted by Crippen LogP contribution is -2.71. The topological polar surface area (TPSA) is 192 Å². The summed E-state index contributed by atoms with van der Waals surface area (Å²) in [6, 6.07) is -1.31. The minimum absolute atomic E-state index is 0.0697. The number of β-lactam (4-membered cyclic amide) rings is 1. The predicted molar refractivity (Wildman–Crippen MR) is 104 cm³/mol. The van der Waals surface area contributed by atoms with Gasteiger partial charge in [0.2, 0.25) is 0 Å². The predicted octanol–water partition coefficient (Wildman–Crippen LogP) is -0.423. The maximum absolute atomic E-state index is 12.7. The Labute approximate surface area is 184 Å². The molecule has 2 amide bonds. The van der Waals surface area contributed by atoms with Gasteiger partial charge in [0.15, 0.2) is 10.8 Å². The number of thiazole rings is 1. The summed E-state index contributed by atoms with van der Waals surface area (Å²) >= 11 is 1.72. The van der Waals surface area contributed by atoms with Crippen LogP contribution in [0.2, 0.25) is 0 Å². The molecule has 1 saturated heterocycles. The van der Waals surface area contributed by atoms with Crippen LogP contribution >= 0.6 is 23.1 Å². The van der Waals surface area contributed by atoms with Gasteiger partial charge in [-0.2, -0.15) is 13.2 Å². The molecule has 2 aliphatic rings.